The van der Waals surface area contributed by atoms with E-state index in [1.807, 2.05) is 24.3 Å². The van der Waals surface area contributed by atoms with Crippen molar-refractivity contribution in [3.63, 3.8) is 0 Å². The van der Waals surface area contributed by atoms with Gasteiger partial charge in [0.2, 0.25) is 11.5 Å². The summed E-state index contributed by atoms with van der Waals surface area (Å²) in [6.07, 6.45) is 6.43. The van der Waals surface area contributed by atoms with Crippen LogP contribution in [0.25, 0.3) is 0 Å². The molecule has 0 spiro atoms. The van der Waals surface area contributed by atoms with Crippen LogP contribution >= 0.6 is 0 Å². The van der Waals surface area contributed by atoms with Crippen molar-refractivity contribution in [2.75, 3.05) is 125 Å². The number of esters is 2. The number of quaternary nitrogens is 2. The van der Waals surface area contributed by atoms with E-state index < -0.39 is 11.9 Å². The molecule has 0 amide bonds. The maximum Gasteiger partial charge on any atom is 0.331 e. The average Bonchev–Trinajstić information content (AvgIpc) is 3.38. The summed E-state index contributed by atoms with van der Waals surface area (Å²) in [6, 6.07) is 16.3. The molecule has 70 heavy (non-hydrogen) atoms. The first kappa shape index (κ1) is 52.8. The zero-order valence-corrected chi connectivity index (χ0v) is 43.0. The highest BCUT2D eigenvalue weighted by Gasteiger charge is 2.42. The summed E-state index contributed by atoms with van der Waals surface area (Å²) >= 11 is 0. The third kappa shape index (κ3) is 11.7. The molecule has 2 heterocycles. The van der Waals surface area contributed by atoms with E-state index in [9.17, 15) is 9.59 Å². The van der Waals surface area contributed by atoms with E-state index in [1.54, 1.807) is 71.1 Å². The number of ether oxygens (including phenoxy) is 12. The van der Waals surface area contributed by atoms with E-state index >= 15 is 0 Å². The van der Waals surface area contributed by atoms with E-state index in [1.165, 1.54) is 11.1 Å². The summed E-state index contributed by atoms with van der Waals surface area (Å²) in [4.78, 5) is 25.8. The van der Waals surface area contributed by atoms with Gasteiger partial charge in [-0.2, -0.15) is 0 Å². The van der Waals surface area contributed by atoms with E-state index in [4.69, 9.17) is 56.8 Å². The first-order valence-electron chi connectivity index (χ1n) is 23.5. The third-order valence-corrected chi connectivity index (χ3v) is 14.1. The van der Waals surface area contributed by atoms with Gasteiger partial charge in [0, 0.05) is 61.8 Å². The minimum atomic E-state index is -0.610. The van der Waals surface area contributed by atoms with Gasteiger partial charge in [0.25, 0.3) is 0 Å². The Hall–Kier alpha value is -6.52. The van der Waals surface area contributed by atoms with Crippen LogP contribution in [-0.2, 0) is 44.7 Å². The molecule has 2 aliphatic rings. The van der Waals surface area contributed by atoms with Gasteiger partial charge in [-0.3, -0.25) is 0 Å². The number of methoxy groups -OCH3 is 10. The van der Waals surface area contributed by atoms with Crippen LogP contribution in [0.1, 0.15) is 58.3 Å². The summed E-state index contributed by atoms with van der Waals surface area (Å²) < 4.78 is 69.4. The molecule has 4 aromatic rings. The van der Waals surface area contributed by atoms with Crippen LogP contribution in [0.2, 0.25) is 0 Å². The zero-order valence-electron chi connectivity index (χ0n) is 43.0. The quantitative estimate of drug-likeness (QED) is 0.0296. The number of likely N-dealkylation sites (N-methyl/N-ethyl adjacent to an activating group) is 2. The molecule has 0 saturated carbocycles. The fraction of sp³-hybridized carbons (Fsp3) is 0.481. The number of nitrogens with zero attached hydrogens (tertiary/aromatic N) is 2. The van der Waals surface area contributed by atoms with Crippen LogP contribution in [0.4, 0.5) is 0 Å². The minimum Gasteiger partial charge on any atom is -0.493 e. The summed E-state index contributed by atoms with van der Waals surface area (Å²) in [5.41, 5.74) is 6.74. The van der Waals surface area contributed by atoms with Crippen LogP contribution in [0, 0.1) is 0 Å². The van der Waals surface area contributed by atoms with Gasteiger partial charge in [-0.25, -0.2) is 9.59 Å². The van der Waals surface area contributed by atoms with Gasteiger partial charge in [-0.05, 0) is 70.8 Å². The SMILES string of the molecule is COc1cc2c(cc1OC)C(Cc1cc(OC)c(OC)c(OC)c1)[N+](C)(CCCOC(=O)/C=C/C(=O)OCCC[N+]1(C)CCc3cc(OC)c(OC)cc3C1Cc1cc(OC)c(OC)c(OC)c1)CC2. The lowest BCUT2D eigenvalue weighted by Crippen LogP contribution is -2.52. The third-order valence-electron chi connectivity index (χ3n) is 14.1. The number of hydrogen-bond acceptors (Lipinski definition) is 14. The monoisotopic (exact) mass is 972 g/mol. The molecule has 0 aromatic heterocycles. The molecule has 0 radical (unpaired) electrons. The fourth-order valence-corrected chi connectivity index (χ4v) is 10.2. The molecule has 2 aliphatic heterocycles. The molecule has 16 heteroatoms. The molecule has 0 fully saturated rings. The van der Waals surface area contributed by atoms with Crippen LogP contribution in [-0.4, -0.2) is 145 Å². The van der Waals surface area contributed by atoms with Gasteiger partial charge in [-0.1, -0.05) is 0 Å². The maximum atomic E-state index is 12.9. The zero-order chi connectivity index (χ0) is 50.6. The fourth-order valence-electron chi connectivity index (χ4n) is 10.2. The molecule has 4 atom stereocenters. The molecule has 0 N–H and O–H groups in total. The Morgan fingerprint density at radius 3 is 1.07 bits per heavy atom. The normalized spacial score (nSPS) is 19.3. The van der Waals surface area contributed by atoms with Crippen molar-refractivity contribution in [3.8, 4) is 57.5 Å². The highest BCUT2D eigenvalue weighted by molar-refractivity contribution is 5.91. The van der Waals surface area contributed by atoms with Crippen LogP contribution in [0.3, 0.4) is 0 Å². The molecule has 380 valence electrons. The number of carbonyl (C=O) groups excluding carboxylic acids is 2. The molecular weight excluding hydrogens is 901 g/mol. The number of fused-ring (bicyclic) bond motifs is 2. The first-order chi connectivity index (χ1) is 33.7. The Morgan fingerprint density at radius 2 is 0.771 bits per heavy atom. The van der Waals surface area contributed by atoms with Crippen LogP contribution in [0.5, 0.6) is 57.5 Å². The summed E-state index contributed by atoms with van der Waals surface area (Å²) in [6.45, 7) is 3.49. The number of carbonyl (C=O) groups is 2. The number of rotatable bonds is 24. The van der Waals surface area contributed by atoms with Crippen molar-refractivity contribution in [1.29, 1.82) is 0 Å². The van der Waals surface area contributed by atoms with Crippen molar-refractivity contribution in [2.45, 2.75) is 50.6 Å². The van der Waals surface area contributed by atoms with Crippen LogP contribution in [0.15, 0.2) is 60.7 Å². The highest BCUT2D eigenvalue weighted by Crippen LogP contribution is 2.47. The number of hydrogen-bond donors (Lipinski definition) is 0. The van der Waals surface area contributed by atoms with Gasteiger partial charge < -0.3 is 65.8 Å². The van der Waals surface area contributed by atoms with Gasteiger partial charge >= 0.3 is 11.9 Å². The topological polar surface area (TPSA) is 145 Å². The summed E-state index contributed by atoms with van der Waals surface area (Å²) in [5.74, 6) is 4.88. The van der Waals surface area contributed by atoms with Gasteiger partial charge in [-0.15, -0.1) is 0 Å². The molecule has 0 bridgehead atoms. The van der Waals surface area contributed by atoms with Crippen molar-refractivity contribution in [2.24, 2.45) is 0 Å². The Bertz CT molecular complexity index is 2270. The molecule has 4 aromatic carbocycles. The predicted molar refractivity (Wildman–Crippen MR) is 264 cm³/mol. The highest BCUT2D eigenvalue weighted by atomic mass is 16.6. The van der Waals surface area contributed by atoms with E-state index in [-0.39, 0.29) is 25.3 Å². The molecule has 16 nitrogen and oxygen atoms in total. The van der Waals surface area contributed by atoms with E-state index in [0.717, 1.165) is 73.4 Å². The molecular formula is C54H72N2O14+2. The standard InChI is InChI=1S/C54H72N2O14/c1-55(21-17-37-31-43(59-3)45(61-5)33-39(37)41(55)25-35-27-47(63-7)53(67-11)48(28-35)64-8)19-13-23-69-51(57)15-16-52(58)70-24-14-20-56(2)22-18-38-32-44(60-4)46(62-6)34-40(38)42(56)26-36-29-49(65-9)54(68-12)50(30-36)66-10/h15-16,27-34,41-42H,13-14,17-26H2,1-12H3/q+2/b16-15+. The van der Waals surface area contributed by atoms with E-state index in [2.05, 4.69) is 38.4 Å². The van der Waals surface area contributed by atoms with Gasteiger partial charge in [0.1, 0.15) is 12.1 Å². The second kappa shape index (κ2) is 23.9. The smallest absolute Gasteiger partial charge is 0.331 e. The van der Waals surface area contributed by atoms with Gasteiger partial charge in [0.05, 0.1) is 125 Å². The molecule has 6 rings (SSSR count). The van der Waals surface area contributed by atoms with Crippen molar-refractivity contribution >= 4 is 11.9 Å². The minimum absolute atomic E-state index is 0.00671. The number of benzene rings is 4. The average molecular weight is 973 g/mol. The van der Waals surface area contributed by atoms with Crippen molar-refractivity contribution in [3.05, 3.63) is 94.1 Å². The Balaban J connectivity index is 1.07. The Labute approximate surface area is 412 Å². The van der Waals surface area contributed by atoms with Crippen molar-refractivity contribution in [1.82, 2.24) is 0 Å². The van der Waals surface area contributed by atoms with Gasteiger partial charge in [0.15, 0.2) is 46.0 Å². The maximum absolute atomic E-state index is 12.9. The lowest BCUT2D eigenvalue weighted by Gasteiger charge is -2.46. The second-order valence-electron chi connectivity index (χ2n) is 18.0. The van der Waals surface area contributed by atoms with Crippen LogP contribution < -0.4 is 47.4 Å². The van der Waals surface area contributed by atoms with Crippen molar-refractivity contribution < 1.29 is 75.4 Å². The lowest BCUT2D eigenvalue weighted by atomic mass is 9.86. The lowest BCUT2D eigenvalue weighted by molar-refractivity contribution is -0.941. The first-order valence-corrected chi connectivity index (χ1v) is 23.5. The summed E-state index contributed by atoms with van der Waals surface area (Å²) in [7, 11) is 20.7. The molecule has 0 saturated heterocycles. The second-order valence-corrected chi connectivity index (χ2v) is 18.0. The Kier molecular flexibility index (Phi) is 18.0. The van der Waals surface area contributed by atoms with E-state index in [0.29, 0.717) is 92.1 Å². The Morgan fingerprint density at radius 1 is 0.457 bits per heavy atom. The molecule has 0 aliphatic carbocycles. The largest absolute Gasteiger partial charge is 0.493 e. The summed E-state index contributed by atoms with van der Waals surface area (Å²) in [5, 5.41) is 0. The molecule has 4 unspecified atom stereocenters. The predicted octanol–water partition coefficient (Wildman–Crippen LogP) is 7.47.